The lowest BCUT2D eigenvalue weighted by Gasteiger charge is -2.11. The van der Waals surface area contributed by atoms with Gasteiger partial charge in [-0.15, -0.1) is 0 Å². The van der Waals surface area contributed by atoms with E-state index in [9.17, 15) is 4.79 Å². The fourth-order valence-electron chi connectivity index (χ4n) is 2.86. The molecule has 126 valence electrons. The summed E-state index contributed by atoms with van der Waals surface area (Å²) in [5, 5.41) is 4.01. The molecule has 0 aliphatic rings. The molecular formula is C22H15IN2O. The van der Waals surface area contributed by atoms with Gasteiger partial charge in [-0.1, -0.05) is 48.5 Å². The van der Waals surface area contributed by atoms with Crippen LogP contribution in [0.1, 0.15) is 10.4 Å². The van der Waals surface area contributed by atoms with E-state index in [1.54, 1.807) is 12.1 Å². The van der Waals surface area contributed by atoms with Crippen LogP contribution in [0.2, 0.25) is 0 Å². The summed E-state index contributed by atoms with van der Waals surface area (Å²) in [6, 6.07) is 25.4. The topological polar surface area (TPSA) is 42.0 Å². The number of hydrogen-bond acceptors (Lipinski definition) is 2. The Morgan fingerprint density at radius 1 is 0.846 bits per heavy atom. The third kappa shape index (κ3) is 3.32. The van der Waals surface area contributed by atoms with Crippen molar-refractivity contribution in [3.05, 3.63) is 94.2 Å². The van der Waals surface area contributed by atoms with E-state index in [0.717, 1.165) is 25.6 Å². The number of anilines is 1. The van der Waals surface area contributed by atoms with Crippen LogP contribution < -0.4 is 5.32 Å². The highest BCUT2D eigenvalue weighted by Crippen LogP contribution is 2.30. The van der Waals surface area contributed by atoms with Crippen molar-refractivity contribution in [3.63, 3.8) is 0 Å². The molecule has 1 amide bonds. The van der Waals surface area contributed by atoms with Gasteiger partial charge in [0.1, 0.15) is 0 Å². The Morgan fingerprint density at radius 3 is 2.27 bits per heavy atom. The summed E-state index contributed by atoms with van der Waals surface area (Å²) < 4.78 is 1.10. The van der Waals surface area contributed by atoms with E-state index < -0.39 is 0 Å². The number of aromatic nitrogens is 1. The Bertz CT molecular complexity index is 1080. The van der Waals surface area contributed by atoms with Gasteiger partial charge in [0, 0.05) is 26.3 Å². The summed E-state index contributed by atoms with van der Waals surface area (Å²) in [5.41, 5.74) is 4.31. The van der Waals surface area contributed by atoms with Crippen molar-refractivity contribution in [2.75, 3.05) is 5.32 Å². The number of hydrogen-bond donors (Lipinski definition) is 1. The van der Waals surface area contributed by atoms with Crippen molar-refractivity contribution < 1.29 is 4.79 Å². The highest BCUT2D eigenvalue weighted by Gasteiger charge is 2.11. The molecule has 0 aliphatic carbocycles. The quantitative estimate of drug-likeness (QED) is 0.404. The number of rotatable bonds is 3. The Morgan fingerprint density at radius 2 is 1.54 bits per heavy atom. The minimum atomic E-state index is -0.137. The molecule has 3 nitrogen and oxygen atoms in total. The molecule has 4 rings (SSSR count). The van der Waals surface area contributed by atoms with Crippen LogP contribution >= 0.6 is 22.6 Å². The molecule has 3 aromatic carbocycles. The zero-order valence-corrected chi connectivity index (χ0v) is 16.0. The molecule has 0 unspecified atom stereocenters. The van der Waals surface area contributed by atoms with Crippen LogP contribution in [0.25, 0.3) is 22.0 Å². The van der Waals surface area contributed by atoms with Gasteiger partial charge in [0.05, 0.1) is 11.2 Å². The van der Waals surface area contributed by atoms with E-state index >= 15 is 0 Å². The first-order chi connectivity index (χ1) is 12.7. The minimum Gasteiger partial charge on any atom is -0.320 e. The molecule has 0 saturated carbocycles. The zero-order valence-electron chi connectivity index (χ0n) is 13.8. The normalized spacial score (nSPS) is 10.7. The molecule has 0 spiro atoms. The predicted molar refractivity (Wildman–Crippen MR) is 114 cm³/mol. The molecule has 0 atom stereocenters. The summed E-state index contributed by atoms with van der Waals surface area (Å²) in [6.07, 6.45) is 1.85. The number of amides is 1. The van der Waals surface area contributed by atoms with Crippen LogP contribution in [-0.4, -0.2) is 10.9 Å². The fraction of sp³-hybridized carbons (Fsp3) is 0. The monoisotopic (exact) mass is 450 g/mol. The molecule has 4 heteroatoms. The Kier molecular flexibility index (Phi) is 4.67. The van der Waals surface area contributed by atoms with Crippen molar-refractivity contribution >= 4 is 45.1 Å². The molecule has 1 heterocycles. The molecule has 4 aromatic rings. The van der Waals surface area contributed by atoms with E-state index in [-0.39, 0.29) is 5.91 Å². The lowest BCUT2D eigenvalue weighted by molar-refractivity contribution is 0.102. The van der Waals surface area contributed by atoms with Crippen molar-refractivity contribution in [2.24, 2.45) is 0 Å². The van der Waals surface area contributed by atoms with Gasteiger partial charge in [-0.05, 0) is 58.5 Å². The molecular weight excluding hydrogens is 435 g/mol. The molecule has 0 fully saturated rings. The molecule has 0 radical (unpaired) electrons. The van der Waals surface area contributed by atoms with Crippen LogP contribution in [0.5, 0.6) is 0 Å². The lowest BCUT2D eigenvalue weighted by atomic mass is 10.0. The van der Waals surface area contributed by atoms with E-state index in [4.69, 9.17) is 0 Å². The second kappa shape index (κ2) is 7.25. The average Bonchev–Trinajstić information content (AvgIpc) is 2.71. The minimum absolute atomic E-state index is 0.137. The third-order valence-electron chi connectivity index (χ3n) is 4.19. The second-order valence-corrected chi connectivity index (χ2v) is 7.06. The highest BCUT2D eigenvalue weighted by molar-refractivity contribution is 14.1. The van der Waals surface area contributed by atoms with Gasteiger partial charge in [-0.3, -0.25) is 9.78 Å². The lowest BCUT2D eigenvalue weighted by Crippen LogP contribution is -2.12. The van der Waals surface area contributed by atoms with Crippen molar-refractivity contribution in [2.45, 2.75) is 0 Å². The van der Waals surface area contributed by atoms with E-state index in [2.05, 4.69) is 51.1 Å². The second-order valence-electron chi connectivity index (χ2n) is 5.90. The van der Waals surface area contributed by atoms with Gasteiger partial charge in [-0.25, -0.2) is 0 Å². The zero-order chi connectivity index (χ0) is 17.9. The van der Waals surface area contributed by atoms with E-state index in [1.165, 1.54) is 0 Å². The smallest absolute Gasteiger partial charge is 0.255 e. The molecule has 0 bridgehead atoms. The number of pyridine rings is 1. The number of nitrogens with one attached hydrogen (secondary N) is 1. The average molecular weight is 450 g/mol. The SMILES string of the molecule is O=C(Nc1ccc(I)c2cc(-c3ccccc3)cnc12)c1ccccc1. The first-order valence-corrected chi connectivity index (χ1v) is 9.30. The number of nitrogens with zero attached hydrogens (tertiary/aromatic N) is 1. The summed E-state index contributed by atoms with van der Waals surface area (Å²) in [6.45, 7) is 0. The van der Waals surface area contributed by atoms with Gasteiger partial charge < -0.3 is 5.32 Å². The van der Waals surface area contributed by atoms with E-state index in [0.29, 0.717) is 11.3 Å². The van der Waals surface area contributed by atoms with Gasteiger partial charge in [0.2, 0.25) is 0 Å². The largest absolute Gasteiger partial charge is 0.320 e. The summed E-state index contributed by atoms with van der Waals surface area (Å²) in [4.78, 5) is 17.1. The van der Waals surface area contributed by atoms with Gasteiger partial charge in [0.25, 0.3) is 5.91 Å². The van der Waals surface area contributed by atoms with Gasteiger partial charge in [-0.2, -0.15) is 0 Å². The van der Waals surface area contributed by atoms with Crippen LogP contribution in [0.4, 0.5) is 5.69 Å². The Balaban J connectivity index is 1.75. The van der Waals surface area contributed by atoms with Crippen molar-refractivity contribution in [3.8, 4) is 11.1 Å². The van der Waals surface area contributed by atoms with Crippen LogP contribution in [0.15, 0.2) is 85.1 Å². The first kappa shape index (κ1) is 16.7. The van der Waals surface area contributed by atoms with Crippen LogP contribution in [0, 0.1) is 3.57 Å². The highest BCUT2D eigenvalue weighted by atomic mass is 127. The predicted octanol–water partition coefficient (Wildman–Crippen LogP) is 5.76. The van der Waals surface area contributed by atoms with Crippen LogP contribution in [-0.2, 0) is 0 Å². The molecule has 0 saturated heterocycles. The van der Waals surface area contributed by atoms with Crippen LogP contribution in [0.3, 0.4) is 0 Å². The fourth-order valence-corrected chi connectivity index (χ4v) is 3.45. The molecule has 1 aromatic heterocycles. The Hall–Kier alpha value is -2.73. The standard InChI is InChI=1S/C22H15IN2O/c23-19-11-12-20(25-22(26)16-9-5-2-6-10-16)21-18(19)13-17(14-24-21)15-7-3-1-4-8-15/h1-14H,(H,25,26). The maximum absolute atomic E-state index is 12.5. The van der Waals surface area contributed by atoms with Gasteiger partial charge in [0.15, 0.2) is 0 Å². The summed E-state index contributed by atoms with van der Waals surface area (Å²) in [5.74, 6) is -0.137. The number of carbonyl (C=O) groups is 1. The number of halogens is 1. The number of carbonyl (C=O) groups excluding carboxylic acids is 1. The van der Waals surface area contributed by atoms with Crippen molar-refractivity contribution in [1.82, 2.24) is 4.98 Å². The molecule has 26 heavy (non-hydrogen) atoms. The summed E-state index contributed by atoms with van der Waals surface area (Å²) >= 11 is 2.30. The third-order valence-corrected chi connectivity index (χ3v) is 5.13. The van der Waals surface area contributed by atoms with Crippen molar-refractivity contribution in [1.29, 1.82) is 0 Å². The summed E-state index contributed by atoms with van der Waals surface area (Å²) in [7, 11) is 0. The Labute approximate surface area is 165 Å². The number of fused-ring (bicyclic) bond motifs is 1. The maximum Gasteiger partial charge on any atom is 0.255 e. The first-order valence-electron chi connectivity index (χ1n) is 8.22. The molecule has 0 aliphatic heterocycles. The molecule has 1 N–H and O–H groups in total. The van der Waals surface area contributed by atoms with Gasteiger partial charge >= 0.3 is 0 Å². The van der Waals surface area contributed by atoms with E-state index in [1.807, 2.05) is 54.7 Å². The maximum atomic E-state index is 12.5. The number of benzene rings is 3.